The summed E-state index contributed by atoms with van der Waals surface area (Å²) in [5, 5.41) is 0. The minimum atomic E-state index is 0.109. The molecule has 3 nitrogen and oxygen atoms in total. The second-order valence-electron chi connectivity index (χ2n) is 6.03. The number of halogens is 1. The molecule has 120 valence electrons. The molecule has 0 bridgehead atoms. The molecular formula is C19H21BrN2O. The fourth-order valence-electron chi connectivity index (χ4n) is 2.90. The number of amides is 1. The zero-order chi connectivity index (χ0) is 16.4. The highest BCUT2D eigenvalue weighted by Gasteiger charge is 2.23. The van der Waals surface area contributed by atoms with E-state index < -0.39 is 0 Å². The summed E-state index contributed by atoms with van der Waals surface area (Å²) >= 11 is 3.47. The number of rotatable bonds is 2. The number of anilines is 1. The molecule has 1 aliphatic heterocycles. The van der Waals surface area contributed by atoms with Crippen LogP contribution >= 0.6 is 15.9 Å². The highest BCUT2D eigenvalue weighted by Crippen LogP contribution is 2.22. The average Bonchev–Trinajstić information content (AvgIpc) is 2.57. The number of aryl methyl sites for hydroxylation is 2. The van der Waals surface area contributed by atoms with Gasteiger partial charge in [0.15, 0.2) is 0 Å². The molecule has 0 spiro atoms. The van der Waals surface area contributed by atoms with Gasteiger partial charge in [0.2, 0.25) is 0 Å². The summed E-state index contributed by atoms with van der Waals surface area (Å²) in [6.45, 7) is 7.54. The molecule has 1 aliphatic rings. The quantitative estimate of drug-likeness (QED) is 0.794. The molecule has 0 N–H and O–H groups in total. The third kappa shape index (κ3) is 3.42. The predicted octanol–water partition coefficient (Wildman–Crippen LogP) is 4.03. The van der Waals surface area contributed by atoms with Crippen LogP contribution in [0.3, 0.4) is 0 Å². The summed E-state index contributed by atoms with van der Waals surface area (Å²) in [5.74, 6) is 0.109. The van der Waals surface area contributed by atoms with Gasteiger partial charge >= 0.3 is 0 Å². The van der Waals surface area contributed by atoms with Crippen LogP contribution in [0.2, 0.25) is 0 Å². The molecule has 2 aromatic rings. The van der Waals surface area contributed by atoms with Gasteiger partial charge in [-0.3, -0.25) is 4.79 Å². The monoisotopic (exact) mass is 372 g/mol. The second-order valence-corrected chi connectivity index (χ2v) is 6.88. The number of nitrogens with zero attached hydrogens (tertiary/aromatic N) is 2. The molecule has 1 fully saturated rings. The van der Waals surface area contributed by atoms with Crippen molar-refractivity contribution >= 4 is 27.5 Å². The van der Waals surface area contributed by atoms with Crippen molar-refractivity contribution in [1.29, 1.82) is 0 Å². The molecule has 0 saturated carbocycles. The fraction of sp³-hybridized carbons (Fsp3) is 0.316. The van der Waals surface area contributed by atoms with Gasteiger partial charge in [-0.1, -0.05) is 18.2 Å². The molecule has 0 aromatic heterocycles. The predicted molar refractivity (Wildman–Crippen MR) is 98.2 cm³/mol. The van der Waals surface area contributed by atoms with Gasteiger partial charge in [0.1, 0.15) is 0 Å². The van der Waals surface area contributed by atoms with E-state index in [1.54, 1.807) is 0 Å². The van der Waals surface area contributed by atoms with Gasteiger partial charge in [-0.25, -0.2) is 0 Å². The zero-order valence-corrected chi connectivity index (χ0v) is 15.1. The van der Waals surface area contributed by atoms with Crippen molar-refractivity contribution in [2.45, 2.75) is 13.8 Å². The summed E-state index contributed by atoms with van der Waals surface area (Å²) in [6, 6.07) is 14.2. The second kappa shape index (κ2) is 6.75. The molecule has 4 heteroatoms. The Kier molecular flexibility index (Phi) is 4.71. The van der Waals surface area contributed by atoms with Crippen LogP contribution in [0.5, 0.6) is 0 Å². The number of hydrogen-bond donors (Lipinski definition) is 0. The van der Waals surface area contributed by atoms with E-state index in [-0.39, 0.29) is 5.91 Å². The van der Waals surface area contributed by atoms with E-state index in [9.17, 15) is 4.79 Å². The highest BCUT2D eigenvalue weighted by atomic mass is 79.9. The summed E-state index contributed by atoms with van der Waals surface area (Å²) in [7, 11) is 0. The van der Waals surface area contributed by atoms with Crippen molar-refractivity contribution < 1.29 is 4.79 Å². The van der Waals surface area contributed by atoms with Crippen molar-refractivity contribution in [3.63, 3.8) is 0 Å². The normalized spacial score (nSPS) is 14.9. The van der Waals surface area contributed by atoms with Crippen LogP contribution in [-0.2, 0) is 0 Å². The minimum absolute atomic E-state index is 0.109. The first-order valence-corrected chi connectivity index (χ1v) is 8.71. The van der Waals surface area contributed by atoms with E-state index in [0.717, 1.165) is 36.2 Å². The highest BCUT2D eigenvalue weighted by molar-refractivity contribution is 9.10. The van der Waals surface area contributed by atoms with Crippen LogP contribution in [0.4, 0.5) is 5.69 Å². The Balaban J connectivity index is 1.67. The molecule has 1 amide bonds. The van der Waals surface area contributed by atoms with E-state index >= 15 is 0 Å². The third-order valence-corrected chi connectivity index (χ3v) is 5.22. The van der Waals surface area contributed by atoms with E-state index in [1.807, 2.05) is 29.2 Å². The number of carbonyl (C=O) groups excluding carboxylic acids is 1. The topological polar surface area (TPSA) is 23.6 Å². The van der Waals surface area contributed by atoms with E-state index in [0.29, 0.717) is 0 Å². The van der Waals surface area contributed by atoms with Crippen molar-refractivity contribution in [3.8, 4) is 0 Å². The summed E-state index contributed by atoms with van der Waals surface area (Å²) in [6.07, 6.45) is 0. The van der Waals surface area contributed by atoms with E-state index in [4.69, 9.17) is 0 Å². The Labute approximate surface area is 146 Å². The summed E-state index contributed by atoms with van der Waals surface area (Å²) in [4.78, 5) is 16.9. The van der Waals surface area contributed by atoms with Gasteiger partial charge in [-0.05, 0) is 65.2 Å². The van der Waals surface area contributed by atoms with Crippen LogP contribution in [0.15, 0.2) is 46.9 Å². The largest absolute Gasteiger partial charge is 0.368 e. The number of benzene rings is 2. The van der Waals surface area contributed by atoms with Crippen molar-refractivity contribution in [2.24, 2.45) is 0 Å². The Bertz CT molecular complexity index is 721. The number of hydrogen-bond acceptors (Lipinski definition) is 2. The van der Waals surface area contributed by atoms with Gasteiger partial charge in [0.25, 0.3) is 5.91 Å². The van der Waals surface area contributed by atoms with Crippen molar-refractivity contribution in [2.75, 3.05) is 31.1 Å². The number of piperazine rings is 1. The number of carbonyl (C=O) groups is 1. The van der Waals surface area contributed by atoms with Gasteiger partial charge in [-0.15, -0.1) is 0 Å². The third-order valence-electron chi connectivity index (χ3n) is 4.53. The average molecular weight is 373 g/mol. The summed E-state index contributed by atoms with van der Waals surface area (Å²) in [5.41, 5.74) is 4.62. The van der Waals surface area contributed by atoms with Crippen molar-refractivity contribution in [3.05, 3.63) is 63.6 Å². The van der Waals surface area contributed by atoms with Crippen LogP contribution in [0.1, 0.15) is 21.5 Å². The molecule has 1 saturated heterocycles. The molecular weight excluding hydrogens is 352 g/mol. The lowest BCUT2D eigenvalue weighted by atomic mass is 10.1. The van der Waals surface area contributed by atoms with Crippen LogP contribution in [0.25, 0.3) is 0 Å². The maximum Gasteiger partial charge on any atom is 0.255 e. The van der Waals surface area contributed by atoms with Crippen LogP contribution in [-0.4, -0.2) is 37.0 Å². The Morgan fingerprint density at radius 1 is 0.957 bits per heavy atom. The molecule has 0 unspecified atom stereocenters. The maximum absolute atomic E-state index is 12.6. The molecule has 23 heavy (non-hydrogen) atoms. The van der Waals surface area contributed by atoms with Gasteiger partial charge in [0, 0.05) is 36.3 Å². The molecule has 0 atom stereocenters. The first kappa shape index (κ1) is 16.1. The maximum atomic E-state index is 12.6. The molecule has 0 radical (unpaired) electrons. The molecule has 2 aromatic carbocycles. The zero-order valence-electron chi connectivity index (χ0n) is 13.6. The molecule has 3 rings (SSSR count). The van der Waals surface area contributed by atoms with Crippen LogP contribution < -0.4 is 4.90 Å². The Hall–Kier alpha value is -1.81. The fourth-order valence-corrected chi connectivity index (χ4v) is 3.35. The lowest BCUT2D eigenvalue weighted by molar-refractivity contribution is 0.0746. The first-order chi connectivity index (χ1) is 11.1. The lowest BCUT2D eigenvalue weighted by Gasteiger charge is -2.36. The van der Waals surface area contributed by atoms with E-state index in [2.05, 4.69) is 52.9 Å². The standard InChI is InChI=1S/C19H21BrN2O/c1-14-7-8-16(13-15(14)2)21-9-11-22(12-10-21)19(23)17-5-3-4-6-18(17)20/h3-8,13H,9-12H2,1-2H3. The minimum Gasteiger partial charge on any atom is -0.368 e. The first-order valence-electron chi connectivity index (χ1n) is 7.92. The molecule has 1 heterocycles. The van der Waals surface area contributed by atoms with Gasteiger partial charge < -0.3 is 9.80 Å². The van der Waals surface area contributed by atoms with Crippen molar-refractivity contribution in [1.82, 2.24) is 4.90 Å². The lowest BCUT2D eigenvalue weighted by Crippen LogP contribution is -2.48. The summed E-state index contributed by atoms with van der Waals surface area (Å²) < 4.78 is 0.863. The van der Waals surface area contributed by atoms with Crippen LogP contribution in [0, 0.1) is 13.8 Å². The smallest absolute Gasteiger partial charge is 0.255 e. The SMILES string of the molecule is Cc1ccc(N2CCN(C(=O)c3ccccc3Br)CC2)cc1C. The van der Waals surface area contributed by atoms with E-state index in [1.165, 1.54) is 16.8 Å². The van der Waals surface area contributed by atoms with Gasteiger partial charge in [-0.2, -0.15) is 0 Å². The molecule has 0 aliphatic carbocycles. The Morgan fingerprint density at radius 3 is 2.30 bits per heavy atom. The van der Waals surface area contributed by atoms with Gasteiger partial charge in [0.05, 0.1) is 5.56 Å². The Morgan fingerprint density at radius 2 is 1.65 bits per heavy atom.